The maximum Gasteiger partial charge on any atom is 0.271 e. The predicted molar refractivity (Wildman–Crippen MR) is 161 cm³/mol. The van der Waals surface area contributed by atoms with Crippen LogP contribution < -0.4 is 14.8 Å². The number of carbonyl (C=O) groups excluding carboxylic acids is 1. The van der Waals surface area contributed by atoms with Crippen LogP contribution in [0.4, 0.5) is 5.69 Å². The molecule has 2 aliphatic rings. The first-order chi connectivity index (χ1) is 21.0. The Balaban J connectivity index is 0.959. The highest BCUT2D eigenvalue weighted by atomic mass is 16.6. The van der Waals surface area contributed by atoms with Crippen molar-refractivity contribution in [1.82, 2.24) is 14.9 Å². The molecule has 1 amide bonds. The molecule has 11 nitrogen and oxygen atoms in total. The van der Waals surface area contributed by atoms with E-state index in [-0.39, 0.29) is 47.7 Å². The number of aromatic nitrogens is 2. The quantitative estimate of drug-likeness (QED) is 0.192. The van der Waals surface area contributed by atoms with Crippen molar-refractivity contribution in [2.24, 2.45) is 5.41 Å². The number of nitrogens with zero attached hydrogens (tertiary/aromatic N) is 4. The number of hydrogen-bond acceptors (Lipinski definition) is 8. The maximum atomic E-state index is 12.8. The first-order valence-corrected chi connectivity index (χ1v) is 14.6. The Bertz CT molecular complexity index is 1750. The van der Waals surface area contributed by atoms with Crippen molar-refractivity contribution >= 4 is 17.1 Å². The van der Waals surface area contributed by atoms with Gasteiger partial charge >= 0.3 is 0 Å². The molecule has 2 aromatic heterocycles. The van der Waals surface area contributed by atoms with E-state index in [9.17, 15) is 25.3 Å². The van der Waals surface area contributed by atoms with Gasteiger partial charge in [0.1, 0.15) is 18.1 Å². The molecular formula is C33H33N5O6. The summed E-state index contributed by atoms with van der Waals surface area (Å²) in [6.45, 7) is 3.52. The van der Waals surface area contributed by atoms with Gasteiger partial charge in [-0.1, -0.05) is 12.1 Å². The molecule has 2 aromatic carbocycles. The molecule has 4 aromatic rings. The number of nitro groups is 1. The summed E-state index contributed by atoms with van der Waals surface area (Å²) in [6, 6.07) is 17.5. The molecule has 6 rings (SSSR count). The molecule has 11 heteroatoms. The molecule has 0 bridgehead atoms. The van der Waals surface area contributed by atoms with Gasteiger partial charge in [0.2, 0.25) is 5.91 Å². The van der Waals surface area contributed by atoms with Crippen molar-refractivity contribution in [3.63, 3.8) is 0 Å². The summed E-state index contributed by atoms with van der Waals surface area (Å²) in [4.78, 5) is 23.5. The number of rotatable bonds is 10. The maximum absolute atomic E-state index is 12.8. The Labute approximate surface area is 254 Å². The SMILES string of the molecule is CC(C)(O)COc1ccc2c(CC(=O)NC3CC4(C3)CC(Oc3ccc(-c5cc(C#N)cc([N+](=O)[O-])c5)cc3)C4)cnn2c1. The number of non-ortho nitro benzene ring substituents is 1. The van der Waals surface area contributed by atoms with Gasteiger partial charge in [-0.25, -0.2) is 4.52 Å². The third kappa shape index (κ3) is 6.35. The minimum absolute atomic E-state index is 0.0278. The number of hydrogen-bond donors (Lipinski definition) is 2. The van der Waals surface area contributed by atoms with E-state index in [4.69, 9.17) is 9.47 Å². The fraction of sp³-hybridized carbons (Fsp3) is 0.364. The summed E-state index contributed by atoms with van der Waals surface area (Å²) in [7, 11) is 0. The van der Waals surface area contributed by atoms with Gasteiger partial charge in [0, 0.05) is 23.7 Å². The van der Waals surface area contributed by atoms with Crippen LogP contribution in [0.3, 0.4) is 0 Å². The molecule has 2 N–H and O–H groups in total. The summed E-state index contributed by atoms with van der Waals surface area (Å²) in [6.07, 6.45) is 7.52. The first kappa shape index (κ1) is 29.1. The van der Waals surface area contributed by atoms with E-state index in [0.717, 1.165) is 48.1 Å². The molecule has 0 aliphatic heterocycles. The molecule has 0 radical (unpaired) electrons. The third-order valence-corrected chi connectivity index (χ3v) is 8.31. The largest absolute Gasteiger partial charge is 0.490 e. The number of aliphatic hydroxyl groups is 1. The number of amides is 1. The van der Waals surface area contributed by atoms with Crippen molar-refractivity contribution in [1.29, 1.82) is 5.26 Å². The first-order valence-electron chi connectivity index (χ1n) is 14.6. The summed E-state index contributed by atoms with van der Waals surface area (Å²) < 4.78 is 13.5. The molecule has 226 valence electrons. The van der Waals surface area contributed by atoms with Crippen molar-refractivity contribution in [3.05, 3.63) is 88.2 Å². The predicted octanol–water partition coefficient (Wildman–Crippen LogP) is 4.98. The van der Waals surface area contributed by atoms with Crippen LogP contribution in [0, 0.1) is 26.9 Å². The Hall–Kier alpha value is -4.95. The molecule has 2 saturated carbocycles. The lowest BCUT2D eigenvalue weighted by Crippen LogP contribution is -2.58. The Morgan fingerprint density at radius 2 is 1.86 bits per heavy atom. The van der Waals surface area contributed by atoms with Crippen molar-refractivity contribution < 1.29 is 24.3 Å². The van der Waals surface area contributed by atoms with Gasteiger partial charge in [0.05, 0.1) is 52.6 Å². The van der Waals surface area contributed by atoms with Crippen LogP contribution in [0.1, 0.15) is 50.7 Å². The minimum atomic E-state index is -0.938. The topological polar surface area (TPSA) is 152 Å². The van der Waals surface area contributed by atoms with Gasteiger partial charge in [0.15, 0.2) is 0 Å². The van der Waals surface area contributed by atoms with Crippen LogP contribution in [0.2, 0.25) is 0 Å². The lowest BCUT2D eigenvalue weighted by molar-refractivity contribution is -0.384. The zero-order chi connectivity index (χ0) is 31.1. The highest BCUT2D eigenvalue weighted by molar-refractivity contribution is 5.81. The molecular weight excluding hydrogens is 562 g/mol. The molecule has 2 fully saturated rings. The van der Waals surface area contributed by atoms with Gasteiger partial charge in [-0.2, -0.15) is 10.4 Å². The number of ether oxygens (including phenoxy) is 2. The number of nitrogens with one attached hydrogen (secondary N) is 1. The van der Waals surface area contributed by atoms with Crippen molar-refractivity contribution in [2.75, 3.05) is 6.61 Å². The van der Waals surface area contributed by atoms with Crippen molar-refractivity contribution in [3.8, 4) is 28.7 Å². The van der Waals surface area contributed by atoms with Crippen LogP contribution in [0.15, 0.2) is 67.0 Å². The number of pyridine rings is 1. The zero-order valence-electron chi connectivity index (χ0n) is 24.5. The normalized spacial score (nSPS) is 20.8. The van der Waals surface area contributed by atoms with Crippen molar-refractivity contribution in [2.45, 2.75) is 63.7 Å². The smallest absolute Gasteiger partial charge is 0.271 e. The lowest BCUT2D eigenvalue weighted by Gasteiger charge is -2.57. The molecule has 44 heavy (non-hydrogen) atoms. The van der Waals surface area contributed by atoms with E-state index in [1.54, 1.807) is 36.8 Å². The Morgan fingerprint density at radius 3 is 2.55 bits per heavy atom. The molecule has 0 saturated heterocycles. The van der Waals surface area contributed by atoms with E-state index in [1.807, 2.05) is 42.5 Å². The summed E-state index contributed by atoms with van der Waals surface area (Å²) >= 11 is 0. The molecule has 0 atom stereocenters. The minimum Gasteiger partial charge on any atom is -0.490 e. The van der Waals surface area contributed by atoms with Crippen LogP contribution in [-0.2, 0) is 11.2 Å². The van der Waals surface area contributed by atoms with E-state index in [0.29, 0.717) is 11.3 Å². The molecule has 2 aliphatic carbocycles. The number of nitriles is 1. The molecule has 1 spiro atoms. The number of fused-ring (bicyclic) bond motifs is 1. The summed E-state index contributed by atoms with van der Waals surface area (Å²) in [5, 5.41) is 37.8. The van der Waals surface area contributed by atoms with Crippen LogP contribution in [-0.4, -0.2) is 49.9 Å². The van der Waals surface area contributed by atoms with E-state index in [2.05, 4.69) is 10.4 Å². The van der Waals surface area contributed by atoms with Gasteiger partial charge < -0.3 is 19.9 Å². The second-order valence-corrected chi connectivity index (χ2v) is 12.6. The highest BCUT2D eigenvalue weighted by Gasteiger charge is 2.54. The summed E-state index contributed by atoms with van der Waals surface area (Å²) in [5.41, 5.74) is 2.45. The average molecular weight is 596 g/mol. The van der Waals surface area contributed by atoms with Gasteiger partial charge in [-0.3, -0.25) is 14.9 Å². The number of nitro benzene ring substituents is 1. The van der Waals surface area contributed by atoms with Gasteiger partial charge in [0.25, 0.3) is 5.69 Å². The second-order valence-electron chi connectivity index (χ2n) is 12.6. The highest BCUT2D eigenvalue weighted by Crippen LogP contribution is 2.56. The van der Waals surface area contributed by atoms with Crippen LogP contribution in [0.25, 0.3) is 16.6 Å². The van der Waals surface area contributed by atoms with E-state index >= 15 is 0 Å². The Kier molecular flexibility index (Phi) is 7.47. The Morgan fingerprint density at radius 1 is 1.14 bits per heavy atom. The second kappa shape index (κ2) is 11.3. The average Bonchev–Trinajstić information content (AvgIpc) is 3.35. The molecule has 0 unspecified atom stereocenters. The third-order valence-electron chi connectivity index (χ3n) is 8.31. The lowest BCUT2D eigenvalue weighted by atomic mass is 9.53. The fourth-order valence-electron chi connectivity index (χ4n) is 6.23. The van der Waals surface area contributed by atoms with Crippen LogP contribution in [0.5, 0.6) is 11.5 Å². The monoisotopic (exact) mass is 595 g/mol. The molecule has 2 heterocycles. The number of carbonyl (C=O) groups is 1. The number of benzene rings is 2. The fourth-order valence-corrected chi connectivity index (χ4v) is 6.23. The van der Waals surface area contributed by atoms with E-state index in [1.165, 1.54) is 12.1 Å². The van der Waals surface area contributed by atoms with Gasteiger partial charge in [-0.15, -0.1) is 0 Å². The zero-order valence-corrected chi connectivity index (χ0v) is 24.5. The van der Waals surface area contributed by atoms with Gasteiger partial charge in [-0.05, 0) is 86.4 Å². The summed E-state index contributed by atoms with van der Waals surface area (Å²) in [5.74, 6) is 1.29. The standard InChI is InChI=1S/C33H33N5O6/c1-32(2,40)20-43-28-7-8-30-24(18-35-37(30)19-28)12-31(39)36-25-13-33(14-25)15-29(16-33)44-27-5-3-22(4-6-27)23-9-21(17-34)10-26(11-23)38(41)42/h3-11,18-19,25,29,40H,12-16,20H2,1-2H3,(H,36,39). The van der Waals surface area contributed by atoms with Crippen LogP contribution >= 0.6 is 0 Å². The van der Waals surface area contributed by atoms with E-state index < -0.39 is 10.5 Å².